The van der Waals surface area contributed by atoms with Crippen molar-refractivity contribution in [2.24, 2.45) is 0 Å². The average Bonchev–Trinajstić information content (AvgIpc) is 2.73. The number of benzene rings is 2. The maximum atomic E-state index is 10.5. The van der Waals surface area contributed by atoms with E-state index in [-0.39, 0.29) is 17.8 Å². The topological polar surface area (TPSA) is 52.5 Å². The van der Waals surface area contributed by atoms with Crippen LogP contribution in [-0.4, -0.2) is 10.2 Å². The van der Waals surface area contributed by atoms with Crippen molar-refractivity contribution in [3.05, 3.63) is 64.7 Å². The van der Waals surface area contributed by atoms with E-state index in [9.17, 15) is 10.2 Å². The highest BCUT2D eigenvalue weighted by molar-refractivity contribution is 5.55. The van der Waals surface area contributed by atoms with Crippen molar-refractivity contribution >= 4 is 0 Å². The van der Waals surface area contributed by atoms with Crippen molar-refractivity contribution in [1.29, 1.82) is 0 Å². The molecule has 0 saturated carbocycles. The summed E-state index contributed by atoms with van der Waals surface area (Å²) < 4.78 is 0. The van der Waals surface area contributed by atoms with Gasteiger partial charge in [-0.2, -0.15) is 0 Å². The van der Waals surface area contributed by atoms with E-state index in [1.807, 2.05) is 30.3 Å². The second kappa shape index (κ2) is 3.34. The van der Waals surface area contributed by atoms with Crippen LogP contribution in [0.5, 0.6) is 5.75 Å². The van der Waals surface area contributed by atoms with Gasteiger partial charge in [-0.05, 0) is 22.8 Å². The van der Waals surface area contributed by atoms with Crippen molar-refractivity contribution in [2.75, 3.05) is 0 Å². The van der Waals surface area contributed by atoms with Gasteiger partial charge in [0, 0.05) is 5.56 Å². The number of hydrogen-bond donors (Lipinski definition) is 3. The monoisotopic (exact) mass is 239 g/mol. The first-order chi connectivity index (χ1) is 8.77. The summed E-state index contributed by atoms with van der Waals surface area (Å²) in [6, 6.07) is 13.5. The van der Waals surface area contributed by atoms with Crippen LogP contribution >= 0.6 is 0 Å². The molecule has 2 aromatic rings. The molecule has 0 radical (unpaired) electrons. The first kappa shape index (κ1) is 10.1. The van der Waals surface area contributed by atoms with Gasteiger partial charge >= 0.3 is 0 Å². The van der Waals surface area contributed by atoms with E-state index in [0.717, 1.165) is 11.1 Å². The molecule has 3 heteroatoms. The summed E-state index contributed by atoms with van der Waals surface area (Å²) in [5, 5.41) is 23.9. The van der Waals surface area contributed by atoms with Crippen molar-refractivity contribution in [3.8, 4) is 5.75 Å². The number of aliphatic hydroxyl groups excluding tert-OH is 1. The van der Waals surface area contributed by atoms with E-state index < -0.39 is 6.10 Å². The van der Waals surface area contributed by atoms with Crippen molar-refractivity contribution < 1.29 is 10.2 Å². The molecule has 90 valence electrons. The van der Waals surface area contributed by atoms with E-state index in [1.165, 1.54) is 5.56 Å². The molecule has 2 aliphatic heterocycles. The zero-order valence-electron chi connectivity index (χ0n) is 9.67. The summed E-state index contributed by atoms with van der Waals surface area (Å²) in [4.78, 5) is 0. The Labute approximate surface area is 105 Å². The minimum absolute atomic E-state index is 0.0803. The minimum Gasteiger partial charge on any atom is -0.508 e. The molecular weight excluding hydrogens is 226 g/mol. The van der Waals surface area contributed by atoms with Gasteiger partial charge in [-0.15, -0.1) is 0 Å². The van der Waals surface area contributed by atoms with Crippen LogP contribution in [0.1, 0.15) is 40.4 Å². The third-order valence-corrected chi connectivity index (χ3v) is 4.03. The third-order valence-electron chi connectivity index (χ3n) is 4.03. The number of hydrogen-bond acceptors (Lipinski definition) is 3. The van der Waals surface area contributed by atoms with Crippen LogP contribution in [0.4, 0.5) is 0 Å². The molecular formula is C15H13NO2. The number of aliphatic hydroxyl groups is 1. The van der Waals surface area contributed by atoms with Crippen molar-refractivity contribution in [1.82, 2.24) is 5.32 Å². The molecule has 4 rings (SSSR count). The van der Waals surface area contributed by atoms with Gasteiger partial charge in [-0.1, -0.05) is 36.4 Å². The Morgan fingerprint density at radius 3 is 2.44 bits per heavy atom. The lowest BCUT2D eigenvalue weighted by Crippen LogP contribution is -2.30. The fourth-order valence-electron chi connectivity index (χ4n) is 3.25. The van der Waals surface area contributed by atoms with Crippen LogP contribution in [0.3, 0.4) is 0 Å². The Hall–Kier alpha value is -1.84. The Kier molecular flexibility index (Phi) is 1.88. The fourth-order valence-corrected chi connectivity index (χ4v) is 3.25. The largest absolute Gasteiger partial charge is 0.508 e. The minimum atomic E-state index is -0.693. The Morgan fingerprint density at radius 1 is 0.889 bits per heavy atom. The fraction of sp³-hybridized carbons (Fsp3) is 0.200. The summed E-state index contributed by atoms with van der Waals surface area (Å²) in [7, 11) is 0. The molecule has 0 aliphatic carbocycles. The maximum Gasteiger partial charge on any atom is 0.121 e. The molecule has 3 unspecified atom stereocenters. The first-order valence-electron chi connectivity index (χ1n) is 6.12. The molecule has 0 fully saturated rings. The molecule has 2 heterocycles. The Balaban J connectivity index is 2.02. The second-order valence-electron chi connectivity index (χ2n) is 4.93. The molecule has 3 N–H and O–H groups in total. The predicted molar refractivity (Wildman–Crippen MR) is 67.2 cm³/mol. The van der Waals surface area contributed by atoms with Gasteiger partial charge in [0.1, 0.15) is 11.9 Å². The van der Waals surface area contributed by atoms with Gasteiger partial charge in [-0.25, -0.2) is 0 Å². The van der Waals surface area contributed by atoms with Crippen LogP contribution in [0.2, 0.25) is 0 Å². The van der Waals surface area contributed by atoms with Crippen LogP contribution < -0.4 is 5.32 Å². The number of phenolic OH excluding ortho intramolecular Hbond substituents is 1. The van der Waals surface area contributed by atoms with Gasteiger partial charge in [0.15, 0.2) is 0 Å². The molecule has 0 amide bonds. The molecule has 3 atom stereocenters. The van der Waals surface area contributed by atoms with Gasteiger partial charge in [0.2, 0.25) is 0 Å². The Morgan fingerprint density at radius 2 is 1.61 bits per heavy atom. The lowest BCUT2D eigenvalue weighted by Gasteiger charge is -2.30. The predicted octanol–water partition coefficient (Wildman–Crippen LogP) is 2.17. The highest BCUT2D eigenvalue weighted by Crippen LogP contribution is 2.51. The quantitative estimate of drug-likeness (QED) is 0.660. The normalized spacial score (nSPS) is 27.7. The number of rotatable bonds is 0. The summed E-state index contributed by atoms with van der Waals surface area (Å²) in [5.74, 6) is 0.185. The first-order valence-corrected chi connectivity index (χ1v) is 6.12. The smallest absolute Gasteiger partial charge is 0.121 e. The molecule has 2 bridgehead atoms. The van der Waals surface area contributed by atoms with Crippen molar-refractivity contribution in [3.63, 3.8) is 0 Å². The molecule has 0 spiro atoms. The number of nitrogens with one attached hydrogen (secondary N) is 1. The second-order valence-corrected chi connectivity index (χ2v) is 4.93. The standard InChI is InChI=1S/C15H13NO2/c17-11-7-3-6-10-12(11)15(18)14-9-5-2-1-4-8(9)13(10)16-14/h1-7,13-18H. The lowest BCUT2D eigenvalue weighted by molar-refractivity contribution is 0.118. The molecule has 2 aliphatic rings. The highest BCUT2D eigenvalue weighted by Gasteiger charge is 2.43. The molecule has 0 aromatic heterocycles. The summed E-state index contributed by atoms with van der Waals surface area (Å²) >= 11 is 0. The van der Waals surface area contributed by atoms with E-state index >= 15 is 0 Å². The van der Waals surface area contributed by atoms with Gasteiger partial charge in [0.05, 0.1) is 12.1 Å². The third kappa shape index (κ3) is 1.10. The molecule has 3 nitrogen and oxygen atoms in total. The molecule has 2 aromatic carbocycles. The summed E-state index contributed by atoms with van der Waals surface area (Å²) in [6.45, 7) is 0. The highest BCUT2D eigenvalue weighted by atomic mass is 16.3. The van der Waals surface area contributed by atoms with Crippen LogP contribution in [0, 0.1) is 0 Å². The van der Waals surface area contributed by atoms with E-state index in [0.29, 0.717) is 5.56 Å². The van der Waals surface area contributed by atoms with Crippen LogP contribution in [0.25, 0.3) is 0 Å². The molecule has 0 saturated heterocycles. The van der Waals surface area contributed by atoms with E-state index in [4.69, 9.17) is 0 Å². The van der Waals surface area contributed by atoms with Gasteiger partial charge in [0.25, 0.3) is 0 Å². The van der Waals surface area contributed by atoms with E-state index in [2.05, 4.69) is 11.4 Å². The zero-order chi connectivity index (χ0) is 12.3. The van der Waals surface area contributed by atoms with Gasteiger partial charge < -0.3 is 10.2 Å². The lowest BCUT2D eigenvalue weighted by atomic mass is 9.90. The summed E-state index contributed by atoms with van der Waals surface area (Å²) in [5.41, 5.74) is 3.97. The SMILES string of the molecule is Oc1cccc2c1C(O)C1NC2c2ccccc21. The average molecular weight is 239 g/mol. The molecule has 18 heavy (non-hydrogen) atoms. The maximum absolute atomic E-state index is 10.5. The van der Waals surface area contributed by atoms with E-state index in [1.54, 1.807) is 6.07 Å². The Bertz CT molecular complexity index is 638. The number of fused-ring (bicyclic) bond motifs is 7. The number of aromatic hydroxyl groups is 1. The van der Waals surface area contributed by atoms with Gasteiger partial charge in [-0.3, -0.25) is 5.32 Å². The van der Waals surface area contributed by atoms with Crippen LogP contribution in [-0.2, 0) is 0 Å². The zero-order valence-corrected chi connectivity index (χ0v) is 9.67. The number of phenols is 1. The van der Waals surface area contributed by atoms with Crippen molar-refractivity contribution in [2.45, 2.75) is 18.2 Å². The van der Waals surface area contributed by atoms with Crippen LogP contribution in [0.15, 0.2) is 42.5 Å². The summed E-state index contributed by atoms with van der Waals surface area (Å²) in [6.07, 6.45) is -0.693.